The third kappa shape index (κ3) is 4.30. The highest BCUT2D eigenvalue weighted by molar-refractivity contribution is 8.01. The van der Waals surface area contributed by atoms with Crippen molar-refractivity contribution in [3.8, 4) is 0 Å². The van der Waals surface area contributed by atoms with Crippen molar-refractivity contribution in [2.75, 3.05) is 11.1 Å². The number of amides is 2. The molecule has 1 heterocycles. The maximum absolute atomic E-state index is 12.0. The van der Waals surface area contributed by atoms with Crippen LogP contribution in [0.25, 0.3) is 0 Å². The zero-order chi connectivity index (χ0) is 15.4. The van der Waals surface area contributed by atoms with E-state index in [0.29, 0.717) is 11.3 Å². The Morgan fingerprint density at radius 2 is 2.14 bits per heavy atom. The van der Waals surface area contributed by atoms with Gasteiger partial charge in [-0.15, -0.1) is 11.3 Å². The van der Waals surface area contributed by atoms with E-state index in [1.807, 2.05) is 19.2 Å². The van der Waals surface area contributed by atoms with Crippen LogP contribution in [-0.4, -0.2) is 22.6 Å². The first-order valence-electron chi connectivity index (χ1n) is 6.21. The van der Waals surface area contributed by atoms with Crippen LogP contribution in [0.1, 0.15) is 21.6 Å². The van der Waals surface area contributed by atoms with E-state index in [1.165, 1.54) is 23.1 Å². The minimum atomic E-state index is -0.516. The molecule has 0 bridgehead atoms. The smallest absolute Gasteiger partial charge is 0.248 e. The topological polar surface area (TPSA) is 85.1 Å². The molecule has 5 nitrogen and oxygen atoms in total. The van der Waals surface area contributed by atoms with Gasteiger partial charge in [-0.05, 0) is 31.5 Å². The van der Waals surface area contributed by atoms with E-state index in [1.54, 1.807) is 18.2 Å². The number of nitrogens with two attached hydrogens (primary N) is 1. The van der Waals surface area contributed by atoms with E-state index in [4.69, 9.17) is 5.73 Å². The Hall–Kier alpha value is -1.86. The summed E-state index contributed by atoms with van der Waals surface area (Å²) in [7, 11) is 0. The number of benzene rings is 1. The molecule has 2 amide bonds. The van der Waals surface area contributed by atoms with Crippen molar-refractivity contribution in [3.05, 3.63) is 40.4 Å². The van der Waals surface area contributed by atoms with Crippen LogP contribution in [-0.2, 0) is 4.79 Å². The van der Waals surface area contributed by atoms with Crippen LogP contribution in [0.4, 0.5) is 5.69 Å². The molecule has 0 saturated heterocycles. The molecular formula is C14H15N3O2S2. The van der Waals surface area contributed by atoms with Crippen molar-refractivity contribution in [3.63, 3.8) is 0 Å². The molecule has 0 aliphatic heterocycles. The minimum Gasteiger partial charge on any atom is -0.366 e. The van der Waals surface area contributed by atoms with Gasteiger partial charge in [-0.3, -0.25) is 9.59 Å². The predicted octanol–water partition coefficient (Wildman–Crippen LogP) is 2.59. The number of aromatic nitrogens is 1. The van der Waals surface area contributed by atoms with Gasteiger partial charge in [0.25, 0.3) is 0 Å². The van der Waals surface area contributed by atoms with Crippen molar-refractivity contribution in [2.24, 2.45) is 5.73 Å². The fourth-order valence-corrected chi connectivity index (χ4v) is 3.27. The normalized spacial score (nSPS) is 10.4. The van der Waals surface area contributed by atoms with Crippen LogP contribution in [0.5, 0.6) is 0 Å². The molecule has 0 spiro atoms. The quantitative estimate of drug-likeness (QED) is 0.829. The van der Waals surface area contributed by atoms with E-state index in [0.717, 1.165) is 15.6 Å². The fraction of sp³-hybridized carbons (Fsp3) is 0.214. The van der Waals surface area contributed by atoms with Crippen LogP contribution in [0.2, 0.25) is 0 Å². The number of carbonyl (C=O) groups is 2. The summed E-state index contributed by atoms with van der Waals surface area (Å²) in [6.07, 6.45) is 0. The van der Waals surface area contributed by atoms with Crippen LogP contribution < -0.4 is 11.1 Å². The predicted molar refractivity (Wildman–Crippen MR) is 85.9 cm³/mol. The second-order valence-electron chi connectivity index (χ2n) is 4.49. The van der Waals surface area contributed by atoms with Gasteiger partial charge >= 0.3 is 0 Å². The van der Waals surface area contributed by atoms with E-state index in [-0.39, 0.29) is 11.7 Å². The Morgan fingerprint density at radius 1 is 1.38 bits per heavy atom. The number of nitrogens with zero attached hydrogens (tertiary/aromatic N) is 1. The second-order valence-corrected chi connectivity index (χ2v) is 6.57. The molecule has 110 valence electrons. The third-order valence-corrected chi connectivity index (χ3v) is 4.86. The Balaban J connectivity index is 1.99. The summed E-state index contributed by atoms with van der Waals surface area (Å²) in [4.78, 5) is 27.4. The van der Waals surface area contributed by atoms with Crippen LogP contribution in [0.15, 0.2) is 27.9 Å². The number of nitrogens with one attached hydrogen (secondary N) is 1. The lowest BCUT2D eigenvalue weighted by molar-refractivity contribution is -0.113. The first kappa shape index (κ1) is 15.5. The van der Waals surface area contributed by atoms with Crippen LogP contribution in [0.3, 0.4) is 0 Å². The molecule has 0 aliphatic carbocycles. The lowest BCUT2D eigenvalue weighted by Gasteiger charge is -2.09. The molecule has 2 rings (SSSR count). The number of hydrogen-bond donors (Lipinski definition) is 2. The largest absolute Gasteiger partial charge is 0.366 e. The summed E-state index contributed by atoms with van der Waals surface area (Å²) >= 11 is 2.91. The lowest BCUT2D eigenvalue weighted by atomic mass is 10.1. The number of thiazole rings is 1. The molecule has 2 aromatic rings. The fourth-order valence-electron chi connectivity index (χ4n) is 1.62. The molecule has 0 unspecified atom stereocenters. The van der Waals surface area contributed by atoms with E-state index >= 15 is 0 Å². The summed E-state index contributed by atoms with van der Waals surface area (Å²) in [5, 5.41) is 4.74. The standard InChI is InChI=1S/C14H15N3O2S2/c1-8-3-4-10(13(15)19)5-11(8)17-12(18)7-21-14-16-9(2)6-20-14/h3-6H,7H2,1-2H3,(H2,15,19)(H,17,18). The maximum Gasteiger partial charge on any atom is 0.248 e. The summed E-state index contributed by atoms with van der Waals surface area (Å²) in [6.45, 7) is 3.77. The Kier molecular flexibility index (Phi) is 4.98. The number of rotatable bonds is 5. The van der Waals surface area contributed by atoms with Crippen LogP contribution in [0, 0.1) is 13.8 Å². The number of carbonyl (C=O) groups excluding carboxylic acids is 2. The second kappa shape index (κ2) is 6.73. The van der Waals surface area contributed by atoms with Crippen molar-refractivity contribution < 1.29 is 9.59 Å². The molecular weight excluding hydrogens is 306 g/mol. The van der Waals surface area contributed by atoms with Gasteiger partial charge in [-0.25, -0.2) is 4.98 Å². The Bertz CT molecular complexity index is 683. The van der Waals surface area contributed by atoms with Gasteiger partial charge in [-0.1, -0.05) is 17.8 Å². The van der Waals surface area contributed by atoms with Gasteiger partial charge < -0.3 is 11.1 Å². The SMILES string of the molecule is Cc1csc(SCC(=O)Nc2cc(C(N)=O)ccc2C)n1. The molecule has 7 heteroatoms. The third-order valence-electron chi connectivity index (χ3n) is 2.72. The maximum atomic E-state index is 12.0. The molecule has 0 fully saturated rings. The van der Waals surface area contributed by atoms with Gasteiger partial charge in [0.2, 0.25) is 11.8 Å². The Labute approximate surface area is 131 Å². The van der Waals surface area contributed by atoms with Gasteiger partial charge in [0.15, 0.2) is 4.34 Å². The molecule has 21 heavy (non-hydrogen) atoms. The summed E-state index contributed by atoms with van der Waals surface area (Å²) in [5.41, 5.74) is 8.05. The minimum absolute atomic E-state index is 0.141. The number of primary amides is 1. The molecule has 3 N–H and O–H groups in total. The van der Waals surface area contributed by atoms with Gasteiger partial charge in [0.05, 0.1) is 5.75 Å². The zero-order valence-corrected chi connectivity index (χ0v) is 13.3. The van der Waals surface area contributed by atoms with Crippen molar-refractivity contribution in [1.82, 2.24) is 4.98 Å². The number of thioether (sulfide) groups is 1. The summed E-state index contributed by atoms with van der Waals surface area (Å²) in [5.74, 6) is -0.386. The Morgan fingerprint density at radius 3 is 2.76 bits per heavy atom. The molecule has 0 atom stereocenters. The van der Waals surface area contributed by atoms with Crippen molar-refractivity contribution in [2.45, 2.75) is 18.2 Å². The average Bonchev–Trinajstić information content (AvgIpc) is 2.84. The first-order valence-corrected chi connectivity index (χ1v) is 8.07. The highest BCUT2D eigenvalue weighted by atomic mass is 32.2. The highest BCUT2D eigenvalue weighted by Crippen LogP contribution is 2.23. The monoisotopic (exact) mass is 321 g/mol. The van der Waals surface area contributed by atoms with Crippen LogP contribution >= 0.6 is 23.1 Å². The lowest BCUT2D eigenvalue weighted by Crippen LogP contribution is -2.16. The number of aryl methyl sites for hydroxylation is 2. The molecule has 0 aliphatic rings. The summed E-state index contributed by atoms with van der Waals surface area (Å²) < 4.78 is 0.866. The van der Waals surface area contributed by atoms with Crippen molar-refractivity contribution in [1.29, 1.82) is 0 Å². The molecule has 0 radical (unpaired) electrons. The molecule has 0 saturated carbocycles. The zero-order valence-electron chi connectivity index (χ0n) is 11.7. The number of anilines is 1. The van der Waals surface area contributed by atoms with Gasteiger partial charge in [0.1, 0.15) is 0 Å². The van der Waals surface area contributed by atoms with Crippen molar-refractivity contribution >= 4 is 40.6 Å². The van der Waals surface area contributed by atoms with Gasteiger partial charge in [-0.2, -0.15) is 0 Å². The summed E-state index contributed by atoms with van der Waals surface area (Å²) in [6, 6.07) is 4.99. The molecule has 1 aromatic carbocycles. The highest BCUT2D eigenvalue weighted by Gasteiger charge is 2.09. The van der Waals surface area contributed by atoms with E-state index in [2.05, 4.69) is 10.3 Å². The first-order chi connectivity index (χ1) is 9.95. The van der Waals surface area contributed by atoms with E-state index < -0.39 is 5.91 Å². The average molecular weight is 321 g/mol. The molecule has 1 aromatic heterocycles. The number of hydrogen-bond acceptors (Lipinski definition) is 5. The van der Waals surface area contributed by atoms with Gasteiger partial charge in [0, 0.05) is 22.3 Å². The van der Waals surface area contributed by atoms with E-state index in [9.17, 15) is 9.59 Å².